The summed E-state index contributed by atoms with van der Waals surface area (Å²) in [4.78, 5) is 26.5. The minimum absolute atomic E-state index is 0.139. The number of ether oxygens (including phenoxy) is 1. The van der Waals surface area contributed by atoms with Gasteiger partial charge in [0.2, 0.25) is 6.54 Å². The summed E-state index contributed by atoms with van der Waals surface area (Å²) in [6.07, 6.45) is 4.55. The molecule has 1 atom stereocenters. The van der Waals surface area contributed by atoms with Crippen molar-refractivity contribution >= 4 is 28.2 Å². The number of pyridine rings is 1. The number of thiophene rings is 1. The van der Waals surface area contributed by atoms with Crippen molar-refractivity contribution in [2.24, 2.45) is 5.92 Å². The zero-order valence-corrected chi connectivity index (χ0v) is 17.2. The average molecular weight is 388 g/mol. The van der Waals surface area contributed by atoms with Crippen molar-refractivity contribution in [2.45, 2.75) is 59.6 Å². The fraction of sp³-hybridized carbons (Fsp3) is 0.476. The molecule has 0 fully saturated rings. The summed E-state index contributed by atoms with van der Waals surface area (Å²) in [5.74, 6) is 0.117. The molecule has 1 N–H and O–H groups in total. The van der Waals surface area contributed by atoms with E-state index in [1.54, 1.807) is 0 Å². The molecule has 1 aliphatic rings. The third-order valence-corrected chi connectivity index (χ3v) is 5.96. The second-order valence-electron chi connectivity index (χ2n) is 7.53. The van der Waals surface area contributed by atoms with Crippen molar-refractivity contribution in [3.05, 3.63) is 46.1 Å². The molecule has 1 aliphatic carbocycles. The van der Waals surface area contributed by atoms with Crippen molar-refractivity contribution in [2.75, 3.05) is 5.32 Å². The van der Waals surface area contributed by atoms with Crippen LogP contribution in [0.2, 0.25) is 0 Å². The molecule has 6 heteroatoms. The Morgan fingerprint density at radius 1 is 1.37 bits per heavy atom. The Morgan fingerprint density at radius 2 is 2.15 bits per heavy atom. The number of aryl methyl sites for hydroxylation is 1. The smallest absolute Gasteiger partial charge is 0.341 e. The second kappa shape index (κ2) is 8.21. The standard InChI is InChI=1S/C21H26N2O3S/c1-13(2)26-21(25)19-16-9-8-14(3)11-17(16)27-20(19)22-18(24)12-23-10-6-5-7-15(23)4/h5-7,10,13-14H,8-9,11-12H2,1-4H3/p+1/t14-/m1/s1. The number of fused-ring (bicyclic) bond motifs is 1. The lowest BCUT2D eigenvalue weighted by molar-refractivity contribution is -0.690. The predicted molar refractivity (Wildman–Crippen MR) is 106 cm³/mol. The number of rotatable bonds is 5. The van der Waals surface area contributed by atoms with Crippen LogP contribution in [0.25, 0.3) is 0 Å². The molecule has 0 bridgehead atoms. The molecule has 0 aliphatic heterocycles. The highest BCUT2D eigenvalue weighted by molar-refractivity contribution is 7.17. The maximum atomic E-state index is 12.7. The fourth-order valence-corrected chi connectivity index (χ4v) is 4.80. The van der Waals surface area contributed by atoms with Gasteiger partial charge in [-0.15, -0.1) is 11.3 Å². The highest BCUT2D eigenvalue weighted by atomic mass is 32.1. The first kappa shape index (κ1) is 19.5. The lowest BCUT2D eigenvalue weighted by Crippen LogP contribution is -2.42. The van der Waals surface area contributed by atoms with Gasteiger partial charge in [-0.05, 0) is 44.6 Å². The third-order valence-electron chi connectivity index (χ3n) is 4.79. The van der Waals surface area contributed by atoms with Crippen LogP contribution in [-0.2, 0) is 28.9 Å². The van der Waals surface area contributed by atoms with E-state index in [4.69, 9.17) is 4.74 Å². The number of hydrogen-bond donors (Lipinski definition) is 1. The van der Waals surface area contributed by atoms with Gasteiger partial charge in [0.05, 0.1) is 11.7 Å². The van der Waals surface area contributed by atoms with Gasteiger partial charge >= 0.3 is 5.97 Å². The van der Waals surface area contributed by atoms with Gasteiger partial charge in [-0.2, -0.15) is 4.57 Å². The Balaban J connectivity index is 1.86. The highest BCUT2D eigenvalue weighted by Gasteiger charge is 2.30. The molecular formula is C21H27N2O3S+. The number of carbonyl (C=O) groups excluding carboxylic acids is 2. The van der Waals surface area contributed by atoms with E-state index in [2.05, 4.69) is 12.2 Å². The molecule has 2 aromatic rings. The number of nitrogens with one attached hydrogen (secondary N) is 1. The number of hydrogen-bond acceptors (Lipinski definition) is 4. The molecule has 0 aromatic carbocycles. The predicted octanol–water partition coefficient (Wildman–Crippen LogP) is 3.67. The van der Waals surface area contributed by atoms with Crippen LogP contribution in [0.15, 0.2) is 24.4 Å². The summed E-state index contributed by atoms with van der Waals surface area (Å²) in [6, 6.07) is 5.80. The Labute approximate surface area is 164 Å². The minimum atomic E-state index is -0.337. The van der Waals surface area contributed by atoms with Gasteiger partial charge in [0.1, 0.15) is 5.00 Å². The zero-order valence-electron chi connectivity index (χ0n) is 16.4. The topological polar surface area (TPSA) is 59.3 Å². The lowest BCUT2D eigenvalue weighted by atomic mass is 9.88. The molecule has 3 rings (SSSR count). The van der Waals surface area contributed by atoms with E-state index in [-0.39, 0.29) is 24.5 Å². The molecule has 0 radical (unpaired) electrons. The van der Waals surface area contributed by atoms with Gasteiger partial charge in [0.15, 0.2) is 11.9 Å². The van der Waals surface area contributed by atoms with Gasteiger partial charge in [-0.3, -0.25) is 4.79 Å². The van der Waals surface area contributed by atoms with E-state index < -0.39 is 0 Å². The quantitative estimate of drug-likeness (QED) is 0.629. The lowest BCUT2D eigenvalue weighted by Gasteiger charge is -2.18. The normalized spacial score (nSPS) is 16.1. The van der Waals surface area contributed by atoms with Crippen molar-refractivity contribution in [1.82, 2.24) is 0 Å². The largest absolute Gasteiger partial charge is 0.459 e. The van der Waals surface area contributed by atoms with Crippen LogP contribution in [0, 0.1) is 12.8 Å². The van der Waals surface area contributed by atoms with E-state index in [0.29, 0.717) is 16.5 Å². The van der Waals surface area contributed by atoms with E-state index in [1.165, 1.54) is 16.2 Å². The SMILES string of the molecule is Cc1cccc[n+]1CC(=O)Nc1sc2c(c1C(=O)OC(C)C)CC[C@@H](C)C2. The van der Waals surface area contributed by atoms with E-state index in [1.807, 2.05) is 49.7 Å². The summed E-state index contributed by atoms with van der Waals surface area (Å²) < 4.78 is 7.34. The van der Waals surface area contributed by atoms with Crippen LogP contribution in [-0.4, -0.2) is 18.0 Å². The molecule has 144 valence electrons. The molecule has 0 saturated heterocycles. The average Bonchev–Trinajstić information content (AvgIpc) is 2.93. The molecule has 2 heterocycles. The second-order valence-corrected chi connectivity index (χ2v) is 8.63. The van der Waals surface area contributed by atoms with Crippen molar-refractivity contribution in [3.63, 3.8) is 0 Å². The van der Waals surface area contributed by atoms with Crippen molar-refractivity contribution in [1.29, 1.82) is 0 Å². The van der Waals surface area contributed by atoms with Crippen LogP contribution >= 0.6 is 11.3 Å². The first-order chi connectivity index (χ1) is 12.8. The van der Waals surface area contributed by atoms with Crippen LogP contribution in [0.5, 0.6) is 0 Å². The van der Waals surface area contributed by atoms with Gasteiger partial charge in [0, 0.05) is 23.9 Å². The minimum Gasteiger partial charge on any atom is -0.459 e. The fourth-order valence-electron chi connectivity index (χ4n) is 3.39. The Bertz CT molecular complexity index is 857. The van der Waals surface area contributed by atoms with Gasteiger partial charge < -0.3 is 10.1 Å². The zero-order chi connectivity index (χ0) is 19.6. The summed E-state index contributed by atoms with van der Waals surface area (Å²) in [6.45, 7) is 8.08. The number of aromatic nitrogens is 1. The molecule has 0 unspecified atom stereocenters. The van der Waals surface area contributed by atoms with Gasteiger partial charge in [-0.1, -0.05) is 13.0 Å². The molecule has 0 saturated carbocycles. The molecule has 1 amide bonds. The maximum Gasteiger partial charge on any atom is 0.341 e. The maximum absolute atomic E-state index is 12.7. The monoisotopic (exact) mass is 387 g/mol. The van der Waals surface area contributed by atoms with E-state index in [9.17, 15) is 9.59 Å². The van der Waals surface area contributed by atoms with E-state index in [0.717, 1.165) is 30.5 Å². The molecular weight excluding hydrogens is 360 g/mol. The van der Waals surface area contributed by atoms with Crippen LogP contribution < -0.4 is 9.88 Å². The number of anilines is 1. The number of carbonyl (C=O) groups is 2. The summed E-state index contributed by atoms with van der Waals surface area (Å²) in [7, 11) is 0. The third kappa shape index (κ3) is 4.56. The molecule has 2 aromatic heterocycles. The van der Waals surface area contributed by atoms with Crippen molar-refractivity contribution in [3.8, 4) is 0 Å². The van der Waals surface area contributed by atoms with Crippen molar-refractivity contribution < 1.29 is 18.9 Å². The van der Waals surface area contributed by atoms with Gasteiger partial charge in [0.25, 0.3) is 5.91 Å². The molecule has 5 nitrogen and oxygen atoms in total. The first-order valence-electron chi connectivity index (χ1n) is 9.45. The first-order valence-corrected chi connectivity index (χ1v) is 10.3. The summed E-state index contributed by atoms with van der Waals surface area (Å²) in [5.41, 5.74) is 2.62. The Hall–Kier alpha value is -2.21. The Kier molecular flexibility index (Phi) is 5.95. The van der Waals surface area contributed by atoms with Gasteiger partial charge in [-0.25, -0.2) is 4.79 Å². The highest BCUT2D eigenvalue weighted by Crippen LogP contribution is 2.40. The number of nitrogens with zero attached hydrogens (tertiary/aromatic N) is 1. The van der Waals surface area contributed by atoms with E-state index >= 15 is 0 Å². The summed E-state index contributed by atoms with van der Waals surface area (Å²) >= 11 is 1.52. The summed E-state index contributed by atoms with van der Waals surface area (Å²) in [5, 5.41) is 3.59. The van der Waals surface area contributed by atoms with Crippen LogP contribution in [0.1, 0.15) is 53.7 Å². The Morgan fingerprint density at radius 3 is 2.85 bits per heavy atom. The van der Waals surface area contributed by atoms with Crippen LogP contribution in [0.3, 0.4) is 0 Å². The van der Waals surface area contributed by atoms with Crippen LogP contribution in [0.4, 0.5) is 5.00 Å². The molecule has 0 spiro atoms. The molecule has 27 heavy (non-hydrogen) atoms. The number of amides is 1. The number of esters is 1.